The van der Waals surface area contributed by atoms with Gasteiger partial charge >= 0.3 is 5.97 Å². The first kappa shape index (κ1) is 17.5. The van der Waals surface area contributed by atoms with Crippen molar-refractivity contribution in [2.24, 2.45) is 5.41 Å². The van der Waals surface area contributed by atoms with Gasteiger partial charge in [-0.2, -0.15) is 0 Å². The maximum atomic E-state index is 11.6. The number of hydrogen-bond acceptors (Lipinski definition) is 2. The number of phenols is 1. The highest BCUT2D eigenvalue weighted by atomic mass is 16.4. The lowest BCUT2D eigenvalue weighted by molar-refractivity contribution is 0.0691. The summed E-state index contributed by atoms with van der Waals surface area (Å²) >= 11 is 0. The van der Waals surface area contributed by atoms with Gasteiger partial charge in [0.1, 0.15) is 11.3 Å². The van der Waals surface area contributed by atoms with Crippen molar-refractivity contribution in [1.29, 1.82) is 0 Å². The van der Waals surface area contributed by atoms with Crippen molar-refractivity contribution in [3.8, 4) is 5.75 Å². The smallest absolute Gasteiger partial charge is 0.339 e. The van der Waals surface area contributed by atoms with E-state index >= 15 is 0 Å². The number of rotatable bonds is 4. The largest absolute Gasteiger partial charge is 0.507 e. The van der Waals surface area contributed by atoms with E-state index in [0.717, 1.165) is 6.42 Å². The van der Waals surface area contributed by atoms with Gasteiger partial charge in [-0.25, -0.2) is 4.79 Å². The predicted octanol–water partition coefficient (Wildman–Crippen LogP) is 4.93. The summed E-state index contributed by atoms with van der Waals surface area (Å²) in [7, 11) is 0. The summed E-state index contributed by atoms with van der Waals surface area (Å²) in [5.74, 6) is -1.09. The molecule has 0 heterocycles. The van der Waals surface area contributed by atoms with Gasteiger partial charge in [-0.1, -0.05) is 60.6 Å². The van der Waals surface area contributed by atoms with E-state index in [1.54, 1.807) is 0 Å². The van der Waals surface area contributed by atoms with Crippen molar-refractivity contribution in [2.45, 2.75) is 66.2 Å². The van der Waals surface area contributed by atoms with Crippen LogP contribution in [0, 0.1) is 5.41 Å². The number of aromatic hydroxyl groups is 1. The van der Waals surface area contributed by atoms with Gasteiger partial charge in [0, 0.05) is 5.56 Å². The standard InChI is InChI=1S/C18H28O3/c1-11(2)12-8-9-13(15(19)14(12)16(20)21)18(6,7)10-17(3,4)5/h8-9,11,19H,10H2,1-7H3,(H,20,21). The van der Waals surface area contributed by atoms with Crippen LogP contribution in [0.3, 0.4) is 0 Å². The maximum absolute atomic E-state index is 11.6. The van der Waals surface area contributed by atoms with Crippen LogP contribution in [0.1, 0.15) is 82.3 Å². The molecule has 0 spiro atoms. The van der Waals surface area contributed by atoms with E-state index in [1.807, 2.05) is 39.8 Å². The first-order valence-corrected chi connectivity index (χ1v) is 7.46. The van der Waals surface area contributed by atoms with Gasteiger partial charge in [-0.3, -0.25) is 0 Å². The zero-order valence-corrected chi connectivity index (χ0v) is 14.2. The Hall–Kier alpha value is -1.51. The fourth-order valence-electron chi connectivity index (χ4n) is 3.28. The Kier molecular flexibility index (Phi) is 4.76. The first-order valence-electron chi connectivity index (χ1n) is 7.46. The fourth-order valence-corrected chi connectivity index (χ4v) is 3.28. The molecule has 3 nitrogen and oxygen atoms in total. The van der Waals surface area contributed by atoms with E-state index in [4.69, 9.17) is 0 Å². The van der Waals surface area contributed by atoms with Gasteiger partial charge in [0.15, 0.2) is 0 Å². The molecule has 0 aliphatic rings. The molecule has 0 bridgehead atoms. The molecule has 0 fully saturated rings. The van der Waals surface area contributed by atoms with E-state index in [-0.39, 0.29) is 28.1 Å². The zero-order valence-electron chi connectivity index (χ0n) is 14.2. The van der Waals surface area contributed by atoms with Crippen LogP contribution in [0.2, 0.25) is 0 Å². The van der Waals surface area contributed by atoms with Crippen LogP contribution in [0.25, 0.3) is 0 Å². The Morgan fingerprint density at radius 2 is 1.67 bits per heavy atom. The second-order valence-electron chi connectivity index (χ2n) is 8.01. The fraction of sp³-hybridized carbons (Fsp3) is 0.611. The summed E-state index contributed by atoms with van der Waals surface area (Å²) in [5.41, 5.74) is 1.23. The topological polar surface area (TPSA) is 57.5 Å². The Bertz CT molecular complexity index is 534. The lowest BCUT2D eigenvalue weighted by Gasteiger charge is -2.34. The first-order chi connectivity index (χ1) is 9.37. The Labute approximate surface area is 128 Å². The minimum Gasteiger partial charge on any atom is -0.507 e. The highest BCUT2D eigenvalue weighted by molar-refractivity contribution is 5.93. The molecule has 1 rings (SSSR count). The summed E-state index contributed by atoms with van der Waals surface area (Å²) < 4.78 is 0. The molecule has 1 aromatic carbocycles. The van der Waals surface area contributed by atoms with Gasteiger partial charge in [0.25, 0.3) is 0 Å². The van der Waals surface area contributed by atoms with E-state index in [9.17, 15) is 15.0 Å². The number of carboxylic acid groups (broad SMARTS) is 1. The van der Waals surface area contributed by atoms with Crippen LogP contribution < -0.4 is 0 Å². The molecule has 3 heteroatoms. The Morgan fingerprint density at radius 1 is 1.14 bits per heavy atom. The van der Waals surface area contributed by atoms with E-state index < -0.39 is 5.97 Å². The van der Waals surface area contributed by atoms with Crippen molar-refractivity contribution in [3.63, 3.8) is 0 Å². The van der Waals surface area contributed by atoms with Crippen LogP contribution >= 0.6 is 0 Å². The van der Waals surface area contributed by atoms with E-state index in [2.05, 4.69) is 20.8 Å². The van der Waals surface area contributed by atoms with Gasteiger partial charge in [-0.05, 0) is 28.7 Å². The maximum Gasteiger partial charge on any atom is 0.339 e. The van der Waals surface area contributed by atoms with Crippen molar-refractivity contribution < 1.29 is 15.0 Å². The molecule has 2 N–H and O–H groups in total. The Balaban J connectivity index is 3.47. The summed E-state index contributed by atoms with van der Waals surface area (Å²) in [5, 5.41) is 20.0. The van der Waals surface area contributed by atoms with Crippen LogP contribution in [0.4, 0.5) is 0 Å². The van der Waals surface area contributed by atoms with Crippen molar-refractivity contribution in [3.05, 3.63) is 28.8 Å². The molecule has 21 heavy (non-hydrogen) atoms. The second-order valence-corrected chi connectivity index (χ2v) is 8.01. The van der Waals surface area contributed by atoms with Crippen molar-refractivity contribution in [1.82, 2.24) is 0 Å². The average Bonchev–Trinajstić information content (AvgIpc) is 2.23. The molecule has 1 aromatic rings. The molecule has 0 unspecified atom stereocenters. The molecule has 0 aliphatic heterocycles. The lowest BCUT2D eigenvalue weighted by atomic mass is 9.71. The number of carboxylic acids is 1. The van der Waals surface area contributed by atoms with Gasteiger partial charge in [0.05, 0.1) is 0 Å². The molecule has 0 saturated heterocycles. The molecule has 118 valence electrons. The SMILES string of the molecule is CC(C)c1ccc(C(C)(C)CC(C)(C)C)c(O)c1C(=O)O. The van der Waals surface area contributed by atoms with E-state index in [1.165, 1.54) is 0 Å². The molecular formula is C18H28O3. The Morgan fingerprint density at radius 3 is 2.05 bits per heavy atom. The molecule has 0 amide bonds. The van der Waals surface area contributed by atoms with Gasteiger partial charge in [0.2, 0.25) is 0 Å². The predicted molar refractivity (Wildman–Crippen MR) is 86.3 cm³/mol. The minimum atomic E-state index is -1.07. The number of hydrogen-bond donors (Lipinski definition) is 2. The normalized spacial score (nSPS) is 12.8. The summed E-state index contributed by atoms with van der Waals surface area (Å²) in [6, 6.07) is 3.72. The molecular weight excluding hydrogens is 264 g/mol. The summed E-state index contributed by atoms with van der Waals surface area (Å²) in [6.07, 6.45) is 0.855. The minimum absolute atomic E-state index is 0.0458. The third-order valence-electron chi connectivity index (χ3n) is 3.75. The summed E-state index contributed by atoms with van der Waals surface area (Å²) in [6.45, 7) is 14.4. The van der Waals surface area contributed by atoms with E-state index in [0.29, 0.717) is 11.1 Å². The average molecular weight is 292 g/mol. The number of carbonyl (C=O) groups is 1. The highest BCUT2D eigenvalue weighted by Gasteiger charge is 2.32. The van der Waals surface area contributed by atoms with Gasteiger partial charge in [-0.15, -0.1) is 0 Å². The second kappa shape index (κ2) is 5.70. The third kappa shape index (κ3) is 3.99. The van der Waals surface area contributed by atoms with Crippen LogP contribution in [0.15, 0.2) is 12.1 Å². The molecule has 0 saturated carbocycles. The van der Waals surface area contributed by atoms with Crippen LogP contribution in [-0.2, 0) is 5.41 Å². The lowest BCUT2D eigenvalue weighted by Crippen LogP contribution is -2.25. The molecule has 0 aliphatic carbocycles. The monoisotopic (exact) mass is 292 g/mol. The van der Waals surface area contributed by atoms with Crippen LogP contribution in [0.5, 0.6) is 5.75 Å². The van der Waals surface area contributed by atoms with Gasteiger partial charge < -0.3 is 10.2 Å². The quantitative estimate of drug-likeness (QED) is 0.827. The highest BCUT2D eigenvalue weighted by Crippen LogP contribution is 2.42. The number of aromatic carboxylic acids is 1. The number of benzene rings is 1. The summed E-state index contributed by atoms with van der Waals surface area (Å²) in [4.78, 5) is 11.6. The third-order valence-corrected chi connectivity index (χ3v) is 3.75. The molecule has 0 radical (unpaired) electrons. The van der Waals surface area contributed by atoms with Crippen molar-refractivity contribution in [2.75, 3.05) is 0 Å². The van der Waals surface area contributed by atoms with Crippen LogP contribution in [-0.4, -0.2) is 16.2 Å². The molecule has 0 aromatic heterocycles. The zero-order chi connectivity index (χ0) is 16.6. The van der Waals surface area contributed by atoms with Crippen molar-refractivity contribution >= 4 is 5.97 Å². The molecule has 0 atom stereocenters.